The number of nitrogens with one attached hydrogen (secondary N) is 1. The Kier molecular flexibility index (Phi) is 3.58. The van der Waals surface area contributed by atoms with Crippen LogP contribution in [0.25, 0.3) is 10.9 Å². The van der Waals surface area contributed by atoms with Crippen LogP contribution in [0.15, 0.2) is 6.07 Å². The van der Waals surface area contributed by atoms with Gasteiger partial charge in [0.1, 0.15) is 17.5 Å². The van der Waals surface area contributed by atoms with E-state index in [1.54, 1.807) is 6.92 Å². The van der Waals surface area contributed by atoms with Crippen LogP contribution in [0.4, 0.5) is 4.39 Å². The van der Waals surface area contributed by atoms with E-state index in [1.807, 2.05) is 6.07 Å². The summed E-state index contributed by atoms with van der Waals surface area (Å²) in [5.74, 6) is -1.32. The molecule has 0 amide bonds. The molecule has 4 rings (SSSR count). The maximum atomic E-state index is 14.3. The molecule has 25 heavy (non-hydrogen) atoms. The molecule has 1 unspecified atom stereocenters. The van der Waals surface area contributed by atoms with E-state index in [4.69, 9.17) is 4.74 Å². The summed E-state index contributed by atoms with van der Waals surface area (Å²) in [4.78, 5) is 14.9. The number of nitrogens with zero attached hydrogens (tertiary/aromatic N) is 1. The minimum atomic E-state index is -0.915. The third-order valence-electron chi connectivity index (χ3n) is 5.76. The smallest absolute Gasteiger partial charge is 0.306 e. The van der Waals surface area contributed by atoms with Gasteiger partial charge in [-0.2, -0.15) is 5.26 Å². The average molecular weight is 342 g/mol. The molecule has 6 heteroatoms. The molecule has 2 N–H and O–H groups in total. The Hall–Kier alpha value is -2.39. The summed E-state index contributed by atoms with van der Waals surface area (Å²) >= 11 is 0. The topological polar surface area (TPSA) is 86.1 Å². The second-order valence-electron chi connectivity index (χ2n) is 7.08. The Labute approximate surface area is 144 Å². The Morgan fingerprint density at radius 2 is 2.32 bits per heavy atom. The van der Waals surface area contributed by atoms with E-state index in [0.717, 1.165) is 30.5 Å². The van der Waals surface area contributed by atoms with E-state index < -0.39 is 17.4 Å². The third kappa shape index (κ3) is 2.19. The standard InChI is InChI=1S/C19H19FN2O3/c1-10-7-14(20)13(9-21)16-12-5-6-25-19(8-15(23)24,11-3-2-4-11)18(12)22-17(10)16/h7,11,22H,2-6,8H2,1H3,(H,23,24). The fraction of sp³-hybridized carbons (Fsp3) is 0.474. The number of carbonyl (C=O) groups is 1. The average Bonchev–Trinajstić information content (AvgIpc) is 2.87. The monoisotopic (exact) mass is 342 g/mol. The lowest BCUT2D eigenvalue weighted by Gasteiger charge is -2.46. The number of fused-ring (bicyclic) bond motifs is 3. The van der Waals surface area contributed by atoms with Crippen LogP contribution in [0.1, 0.15) is 48.1 Å². The molecular formula is C19H19FN2O3. The highest BCUT2D eigenvalue weighted by molar-refractivity contribution is 5.93. The molecule has 0 saturated heterocycles. The molecule has 0 bridgehead atoms. The fourth-order valence-corrected chi connectivity index (χ4v) is 4.40. The number of aromatic amines is 1. The van der Waals surface area contributed by atoms with Gasteiger partial charge in [-0.25, -0.2) is 4.39 Å². The summed E-state index contributed by atoms with van der Waals surface area (Å²) in [5, 5.41) is 19.5. The van der Waals surface area contributed by atoms with Crippen molar-refractivity contribution in [3.8, 4) is 6.07 Å². The zero-order valence-electron chi connectivity index (χ0n) is 14.0. The van der Waals surface area contributed by atoms with E-state index in [9.17, 15) is 19.6 Å². The van der Waals surface area contributed by atoms with E-state index >= 15 is 0 Å². The van der Waals surface area contributed by atoms with Crippen LogP contribution < -0.4 is 0 Å². The van der Waals surface area contributed by atoms with Crippen molar-refractivity contribution in [1.29, 1.82) is 5.26 Å². The van der Waals surface area contributed by atoms with Crippen molar-refractivity contribution < 1.29 is 19.0 Å². The van der Waals surface area contributed by atoms with Gasteiger partial charge >= 0.3 is 5.97 Å². The lowest BCUT2D eigenvalue weighted by atomic mass is 9.68. The number of aryl methyl sites for hydroxylation is 1. The minimum absolute atomic E-state index is 0.0258. The SMILES string of the molecule is Cc1cc(F)c(C#N)c2c3c([nH]c12)C(CC(=O)O)(C1CCC1)OCC3. The van der Waals surface area contributed by atoms with Crippen LogP contribution in [0.3, 0.4) is 0 Å². The van der Waals surface area contributed by atoms with Crippen molar-refractivity contribution in [3.05, 3.63) is 34.3 Å². The number of aliphatic carboxylic acids is 1. The number of rotatable bonds is 3. The first kappa shape index (κ1) is 16.1. The van der Waals surface area contributed by atoms with Crippen LogP contribution in [0.5, 0.6) is 0 Å². The highest BCUT2D eigenvalue weighted by atomic mass is 19.1. The molecule has 1 atom stereocenters. The normalized spacial score (nSPS) is 23.1. The fourth-order valence-electron chi connectivity index (χ4n) is 4.40. The van der Waals surface area contributed by atoms with Crippen LogP contribution in [-0.4, -0.2) is 22.7 Å². The van der Waals surface area contributed by atoms with Crippen LogP contribution in [-0.2, 0) is 21.6 Å². The summed E-state index contributed by atoms with van der Waals surface area (Å²) in [6, 6.07) is 3.33. The van der Waals surface area contributed by atoms with E-state index in [0.29, 0.717) is 29.5 Å². The Morgan fingerprint density at radius 1 is 1.56 bits per heavy atom. The van der Waals surface area contributed by atoms with Gasteiger partial charge in [0, 0.05) is 5.39 Å². The quantitative estimate of drug-likeness (QED) is 0.893. The first-order valence-electron chi connectivity index (χ1n) is 8.58. The van der Waals surface area contributed by atoms with Gasteiger partial charge < -0.3 is 14.8 Å². The first-order chi connectivity index (χ1) is 12.0. The van der Waals surface area contributed by atoms with Gasteiger partial charge in [-0.1, -0.05) is 6.42 Å². The molecule has 2 aliphatic rings. The third-order valence-corrected chi connectivity index (χ3v) is 5.76. The molecule has 1 aliphatic heterocycles. The van der Waals surface area contributed by atoms with Gasteiger partial charge in [0.15, 0.2) is 0 Å². The van der Waals surface area contributed by atoms with Gasteiger partial charge in [-0.05, 0) is 49.3 Å². The predicted octanol–water partition coefficient (Wildman–Crippen LogP) is 3.53. The zero-order valence-corrected chi connectivity index (χ0v) is 14.0. The van der Waals surface area contributed by atoms with Crippen LogP contribution >= 0.6 is 0 Å². The van der Waals surface area contributed by atoms with Crippen molar-refractivity contribution in [3.63, 3.8) is 0 Å². The van der Waals surface area contributed by atoms with Crippen molar-refractivity contribution in [2.45, 2.75) is 44.6 Å². The van der Waals surface area contributed by atoms with Crippen molar-refractivity contribution in [2.75, 3.05) is 6.61 Å². The number of carboxylic acid groups (broad SMARTS) is 1. The number of halogens is 1. The second-order valence-corrected chi connectivity index (χ2v) is 7.08. The minimum Gasteiger partial charge on any atom is -0.481 e. The predicted molar refractivity (Wildman–Crippen MR) is 88.6 cm³/mol. The molecule has 1 fully saturated rings. The van der Waals surface area contributed by atoms with Gasteiger partial charge in [0.2, 0.25) is 0 Å². The molecule has 5 nitrogen and oxygen atoms in total. The van der Waals surface area contributed by atoms with E-state index in [2.05, 4.69) is 4.98 Å². The van der Waals surface area contributed by atoms with Gasteiger partial charge in [0.25, 0.3) is 0 Å². The summed E-state index contributed by atoms with van der Waals surface area (Å²) in [5.41, 5.74) is 2.10. The van der Waals surface area contributed by atoms with Gasteiger partial charge in [0.05, 0.1) is 29.8 Å². The van der Waals surface area contributed by atoms with Gasteiger partial charge in [-0.15, -0.1) is 0 Å². The maximum absolute atomic E-state index is 14.3. The highest BCUT2D eigenvalue weighted by Gasteiger charge is 2.50. The highest BCUT2D eigenvalue weighted by Crippen LogP contribution is 2.51. The molecule has 2 aromatic rings. The molecule has 1 aromatic carbocycles. The molecule has 2 heterocycles. The number of carboxylic acids is 1. The summed E-state index contributed by atoms with van der Waals surface area (Å²) in [7, 11) is 0. The maximum Gasteiger partial charge on any atom is 0.306 e. The van der Waals surface area contributed by atoms with E-state index in [1.165, 1.54) is 6.07 Å². The molecule has 1 saturated carbocycles. The lowest BCUT2D eigenvalue weighted by Crippen LogP contribution is -2.46. The zero-order chi connectivity index (χ0) is 17.8. The number of hydrogen-bond acceptors (Lipinski definition) is 3. The molecule has 0 radical (unpaired) electrons. The Bertz CT molecular complexity index is 923. The molecule has 1 aromatic heterocycles. The lowest BCUT2D eigenvalue weighted by molar-refractivity contribution is -0.162. The summed E-state index contributed by atoms with van der Waals surface area (Å²) in [6.45, 7) is 2.17. The van der Waals surface area contributed by atoms with Gasteiger partial charge in [-0.3, -0.25) is 4.79 Å². The Morgan fingerprint density at radius 3 is 2.92 bits per heavy atom. The number of benzene rings is 1. The van der Waals surface area contributed by atoms with Crippen LogP contribution in [0.2, 0.25) is 0 Å². The molecular weight excluding hydrogens is 323 g/mol. The summed E-state index contributed by atoms with van der Waals surface area (Å²) in [6.07, 6.45) is 3.31. The number of nitriles is 1. The number of hydrogen-bond donors (Lipinski definition) is 2. The van der Waals surface area contributed by atoms with Crippen LogP contribution in [0, 0.1) is 30.0 Å². The number of aromatic nitrogens is 1. The first-order valence-corrected chi connectivity index (χ1v) is 8.58. The molecule has 0 spiro atoms. The van der Waals surface area contributed by atoms with Crippen molar-refractivity contribution >= 4 is 16.9 Å². The number of ether oxygens (including phenoxy) is 1. The largest absolute Gasteiger partial charge is 0.481 e. The molecule has 1 aliphatic carbocycles. The van der Waals surface area contributed by atoms with Crippen molar-refractivity contribution in [1.82, 2.24) is 4.98 Å². The summed E-state index contributed by atoms with van der Waals surface area (Å²) < 4.78 is 20.4. The van der Waals surface area contributed by atoms with Crippen molar-refractivity contribution in [2.24, 2.45) is 5.92 Å². The van der Waals surface area contributed by atoms with E-state index in [-0.39, 0.29) is 17.9 Å². The molecule has 130 valence electrons. The Balaban J connectivity index is 2.03. The number of H-pyrrole nitrogens is 1. The second kappa shape index (κ2) is 5.57.